The van der Waals surface area contributed by atoms with E-state index < -0.39 is 0 Å². The lowest BCUT2D eigenvalue weighted by molar-refractivity contribution is 0.800. The van der Waals surface area contributed by atoms with Gasteiger partial charge in [-0.2, -0.15) is 0 Å². The third-order valence-corrected chi connectivity index (χ3v) is 5.04. The van der Waals surface area contributed by atoms with E-state index in [4.69, 9.17) is 34.8 Å². The molecule has 0 saturated carbocycles. The molecule has 122 valence electrons. The Kier molecular flexibility index (Phi) is 5.47. The van der Waals surface area contributed by atoms with Gasteiger partial charge in [-0.1, -0.05) is 53.0 Å². The second kappa shape index (κ2) is 7.58. The summed E-state index contributed by atoms with van der Waals surface area (Å²) in [5, 5.41) is 3.93. The molecule has 2 nitrogen and oxygen atoms in total. The van der Waals surface area contributed by atoms with E-state index in [0.29, 0.717) is 27.3 Å². The maximum atomic E-state index is 6.22. The summed E-state index contributed by atoms with van der Waals surface area (Å²) in [5.74, 6) is 0. The standard InChI is InChI=1S/C18H13Cl3N2S/c1-2-9-23-17(12-3-5-13(19)6-4-12)11-24-18(23)22-16-10-14(20)7-8-15(16)21/h2-8,10-11H,1,9H2. The van der Waals surface area contributed by atoms with E-state index in [1.807, 2.05) is 30.3 Å². The minimum atomic E-state index is 0.561. The first-order valence-corrected chi connectivity index (χ1v) is 9.15. The van der Waals surface area contributed by atoms with Crippen LogP contribution in [0, 0.1) is 0 Å². The van der Waals surface area contributed by atoms with Crippen molar-refractivity contribution in [3.8, 4) is 11.3 Å². The van der Waals surface area contributed by atoms with Crippen molar-refractivity contribution in [2.75, 3.05) is 0 Å². The number of halogens is 3. The molecule has 3 aromatic rings. The molecule has 0 aliphatic carbocycles. The Morgan fingerprint density at radius 2 is 1.75 bits per heavy atom. The van der Waals surface area contributed by atoms with Gasteiger partial charge < -0.3 is 4.57 Å². The van der Waals surface area contributed by atoms with Crippen molar-refractivity contribution in [2.45, 2.75) is 6.54 Å². The lowest BCUT2D eigenvalue weighted by Gasteiger charge is -2.07. The van der Waals surface area contributed by atoms with Gasteiger partial charge in [0.1, 0.15) is 0 Å². The minimum absolute atomic E-state index is 0.561. The van der Waals surface area contributed by atoms with Crippen LogP contribution in [0.15, 0.2) is 65.5 Å². The minimum Gasteiger partial charge on any atom is -0.313 e. The van der Waals surface area contributed by atoms with Gasteiger partial charge in [-0.3, -0.25) is 0 Å². The van der Waals surface area contributed by atoms with Gasteiger partial charge in [0.2, 0.25) is 0 Å². The quantitative estimate of drug-likeness (QED) is 0.443. The van der Waals surface area contributed by atoms with Gasteiger partial charge in [-0.25, -0.2) is 4.99 Å². The summed E-state index contributed by atoms with van der Waals surface area (Å²) in [6, 6.07) is 13.0. The second-order valence-electron chi connectivity index (χ2n) is 5.02. The van der Waals surface area contributed by atoms with Gasteiger partial charge in [0.25, 0.3) is 0 Å². The first-order valence-electron chi connectivity index (χ1n) is 7.13. The van der Waals surface area contributed by atoms with Gasteiger partial charge in [0.15, 0.2) is 4.80 Å². The normalized spacial score (nSPS) is 11.7. The topological polar surface area (TPSA) is 17.3 Å². The van der Waals surface area contributed by atoms with Crippen LogP contribution in [-0.2, 0) is 6.54 Å². The molecule has 0 aliphatic heterocycles. The third-order valence-electron chi connectivity index (χ3n) is 3.37. The smallest absolute Gasteiger partial charge is 0.190 e. The molecule has 0 N–H and O–H groups in total. The molecule has 0 bridgehead atoms. The summed E-state index contributed by atoms with van der Waals surface area (Å²) in [7, 11) is 0. The maximum absolute atomic E-state index is 6.22. The molecule has 0 unspecified atom stereocenters. The first-order chi connectivity index (χ1) is 11.6. The lowest BCUT2D eigenvalue weighted by atomic mass is 10.2. The van der Waals surface area contributed by atoms with Gasteiger partial charge >= 0.3 is 0 Å². The largest absolute Gasteiger partial charge is 0.313 e. The molecule has 0 aliphatic rings. The highest BCUT2D eigenvalue weighted by molar-refractivity contribution is 7.07. The Bertz CT molecular complexity index is 940. The molecule has 0 atom stereocenters. The van der Waals surface area contributed by atoms with Crippen molar-refractivity contribution in [3.63, 3.8) is 0 Å². The summed E-state index contributed by atoms with van der Waals surface area (Å²) in [4.78, 5) is 5.50. The summed E-state index contributed by atoms with van der Waals surface area (Å²) >= 11 is 19.8. The molecule has 6 heteroatoms. The number of aromatic nitrogens is 1. The zero-order valence-electron chi connectivity index (χ0n) is 12.5. The molecule has 0 spiro atoms. The zero-order chi connectivity index (χ0) is 17.1. The van der Waals surface area contributed by atoms with Crippen molar-refractivity contribution in [3.05, 3.63) is 80.4 Å². The Balaban J connectivity index is 2.15. The molecular formula is C18H13Cl3N2S. The zero-order valence-corrected chi connectivity index (χ0v) is 15.6. The number of allylic oxidation sites excluding steroid dienone is 1. The van der Waals surface area contributed by atoms with E-state index in [-0.39, 0.29) is 0 Å². The van der Waals surface area contributed by atoms with E-state index in [0.717, 1.165) is 16.1 Å². The molecule has 3 rings (SSSR count). The predicted octanol–water partition coefficient (Wildman–Crippen LogP) is 6.60. The van der Waals surface area contributed by atoms with Gasteiger partial charge in [0, 0.05) is 22.0 Å². The molecule has 1 aromatic heterocycles. The van der Waals surface area contributed by atoms with Crippen LogP contribution in [0.3, 0.4) is 0 Å². The highest BCUT2D eigenvalue weighted by Gasteiger charge is 2.08. The van der Waals surface area contributed by atoms with Crippen LogP contribution in [0.1, 0.15) is 0 Å². The number of hydrogen-bond donors (Lipinski definition) is 0. The average Bonchev–Trinajstić information content (AvgIpc) is 2.95. The van der Waals surface area contributed by atoms with Crippen molar-refractivity contribution >= 4 is 51.8 Å². The fourth-order valence-corrected chi connectivity index (χ4v) is 3.63. The van der Waals surface area contributed by atoms with Crippen molar-refractivity contribution in [1.29, 1.82) is 0 Å². The molecule has 0 amide bonds. The lowest BCUT2D eigenvalue weighted by Crippen LogP contribution is -2.14. The number of thiazole rings is 1. The molecular weight excluding hydrogens is 383 g/mol. The van der Waals surface area contributed by atoms with Crippen LogP contribution in [0.25, 0.3) is 11.3 Å². The molecule has 0 fully saturated rings. The van der Waals surface area contributed by atoms with Gasteiger partial charge in [0.05, 0.1) is 16.4 Å². The number of nitrogens with zero attached hydrogens (tertiary/aromatic N) is 2. The monoisotopic (exact) mass is 394 g/mol. The van der Waals surface area contributed by atoms with Gasteiger partial charge in [-0.05, 0) is 35.9 Å². The highest BCUT2D eigenvalue weighted by atomic mass is 35.5. The molecule has 1 heterocycles. The van der Waals surface area contributed by atoms with E-state index in [9.17, 15) is 0 Å². The Hall–Kier alpha value is -1.52. The van der Waals surface area contributed by atoms with Crippen LogP contribution in [-0.4, -0.2) is 4.57 Å². The van der Waals surface area contributed by atoms with Crippen molar-refractivity contribution < 1.29 is 0 Å². The Morgan fingerprint density at radius 3 is 2.46 bits per heavy atom. The van der Waals surface area contributed by atoms with Crippen molar-refractivity contribution in [1.82, 2.24) is 4.57 Å². The number of hydrogen-bond acceptors (Lipinski definition) is 2. The Labute approximate surface area is 159 Å². The summed E-state index contributed by atoms with van der Waals surface area (Å²) in [5.41, 5.74) is 2.76. The van der Waals surface area contributed by atoms with Gasteiger partial charge in [-0.15, -0.1) is 17.9 Å². The predicted molar refractivity (Wildman–Crippen MR) is 105 cm³/mol. The fraction of sp³-hybridized carbons (Fsp3) is 0.0556. The number of benzene rings is 2. The fourth-order valence-electron chi connectivity index (χ4n) is 2.25. The van der Waals surface area contributed by atoms with Crippen LogP contribution in [0.2, 0.25) is 15.1 Å². The average molecular weight is 396 g/mol. The van der Waals surface area contributed by atoms with Crippen LogP contribution in [0.4, 0.5) is 5.69 Å². The second-order valence-corrected chi connectivity index (χ2v) is 7.13. The Morgan fingerprint density at radius 1 is 1.04 bits per heavy atom. The van der Waals surface area contributed by atoms with Crippen molar-refractivity contribution in [2.24, 2.45) is 4.99 Å². The highest BCUT2D eigenvalue weighted by Crippen LogP contribution is 2.28. The van der Waals surface area contributed by atoms with Crippen LogP contribution in [0.5, 0.6) is 0 Å². The van der Waals surface area contributed by atoms with E-state index in [1.54, 1.807) is 18.2 Å². The summed E-state index contributed by atoms with van der Waals surface area (Å²) in [6.45, 7) is 4.48. The van der Waals surface area contributed by atoms with E-state index >= 15 is 0 Å². The van der Waals surface area contributed by atoms with Crippen LogP contribution >= 0.6 is 46.1 Å². The van der Waals surface area contributed by atoms with Crippen LogP contribution < -0.4 is 4.80 Å². The summed E-state index contributed by atoms with van der Waals surface area (Å²) in [6.07, 6.45) is 1.84. The molecule has 0 saturated heterocycles. The number of rotatable bonds is 4. The van der Waals surface area contributed by atoms with E-state index in [2.05, 4.69) is 21.5 Å². The SMILES string of the molecule is C=CCn1c(-c2ccc(Cl)cc2)csc1=Nc1cc(Cl)ccc1Cl. The maximum Gasteiger partial charge on any atom is 0.190 e. The molecule has 0 radical (unpaired) electrons. The third kappa shape index (κ3) is 3.76. The summed E-state index contributed by atoms with van der Waals surface area (Å²) < 4.78 is 2.08. The molecule has 24 heavy (non-hydrogen) atoms. The molecule has 2 aromatic carbocycles. The van der Waals surface area contributed by atoms with E-state index in [1.165, 1.54) is 11.3 Å². The first kappa shape index (κ1) is 17.3.